The summed E-state index contributed by atoms with van der Waals surface area (Å²) in [4.78, 5) is 33.0. The molecule has 0 fully saturated rings. The Labute approximate surface area is 207 Å². The van der Waals surface area contributed by atoms with Crippen molar-refractivity contribution in [3.8, 4) is 0 Å². The lowest BCUT2D eigenvalue weighted by Gasteiger charge is -2.25. The van der Waals surface area contributed by atoms with Crippen molar-refractivity contribution >= 4 is 35.1 Å². The van der Waals surface area contributed by atoms with E-state index in [0.29, 0.717) is 26.5 Å². The molecule has 0 saturated carbocycles. The van der Waals surface area contributed by atoms with Crippen LogP contribution in [0.1, 0.15) is 56.3 Å². The summed E-state index contributed by atoms with van der Waals surface area (Å²) >= 11 is 3.02. The first-order valence-electron chi connectivity index (χ1n) is 11.3. The normalized spacial score (nSPS) is 15.9. The van der Waals surface area contributed by atoms with E-state index in [1.807, 2.05) is 48.7 Å². The minimum Gasteiger partial charge on any atom is -0.463 e. The standard InChI is InChI=1S/C27H28N2O3S2/c1-6-32-26(31)23-17(4)28-27-29(24(23)20-11-9-19(10-12-20)16(2)3)25(30)22(34-27)15-18-7-13-21(33-5)14-8-18/h7-16,24H,6H2,1-5H3/b22-15-/t24-/m0/s1. The molecule has 0 N–H and O–H groups in total. The van der Waals surface area contributed by atoms with E-state index in [1.54, 1.807) is 30.2 Å². The molecule has 1 aromatic heterocycles. The molecule has 0 saturated heterocycles. The summed E-state index contributed by atoms with van der Waals surface area (Å²) in [6.45, 7) is 8.11. The lowest BCUT2D eigenvalue weighted by atomic mass is 9.93. The van der Waals surface area contributed by atoms with Crippen molar-refractivity contribution in [2.24, 2.45) is 4.99 Å². The van der Waals surface area contributed by atoms with Gasteiger partial charge in [-0.1, -0.05) is 61.6 Å². The first kappa shape index (κ1) is 24.2. The molecule has 2 heterocycles. The molecule has 7 heteroatoms. The van der Waals surface area contributed by atoms with Crippen molar-refractivity contribution in [1.82, 2.24) is 4.57 Å². The summed E-state index contributed by atoms with van der Waals surface area (Å²) in [6, 6.07) is 15.6. The zero-order valence-electron chi connectivity index (χ0n) is 20.0. The summed E-state index contributed by atoms with van der Waals surface area (Å²) in [5, 5.41) is 0. The Bertz CT molecular complexity index is 1410. The number of rotatable bonds is 6. The van der Waals surface area contributed by atoms with Crippen molar-refractivity contribution in [3.63, 3.8) is 0 Å². The maximum Gasteiger partial charge on any atom is 0.338 e. The minimum atomic E-state index is -0.586. The Kier molecular flexibility index (Phi) is 7.24. The molecule has 0 unspecified atom stereocenters. The predicted molar refractivity (Wildman–Crippen MR) is 139 cm³/mol. The molecule has 2 aromatic carbocycles. The number of aromatic nitrogens is 1. The van der Waals surface area contributed by atoms with E-state index >= 15 is 0 Å². The van der Waals surface area contributed by atoms with Crippen LogP contribution in [0, 0.1) is 0 Å². The molecule has 1 aliphatic rings. The van der Waals surface area contributed by atoms with Crippen LogP contribution in [0.3, 0.4) is 0 Å². The van der Waals surface area contributed by atoms with E-state index < -0.39 is 12.0 Å². The number of allylic oxidation sites excluding steroid dienone is 1. The van der Waals surface area contributed by atoms with Gasteiger partial charge in [0, 0.05) is 4.90 Å². The third-order valence-electron chi connectivity index (χ3n) is 5.85. The number of hydrogen-bond donors (Lipinski definition) is 0. The predicted octanol–water partition coefficient (Wildman–Crippen LogP) is 4.64. The van der Waals surface area contributed by atoms with Crippen molar-refractivity contribution in [3.05, 3.63) is 96.2 Å². The van der Waals surface area contributed by atoms with Crippen LogP contribution in [0.2, 0.25) is 0 Å². The molecule has 0 aliphatic carbocycles. The highest BCUT2D eigenvalue weighted by Gasteiger charge is 2.33. The van der Waals surface area contributed by atoms with Gasteiger partial charge in [0.2, 0.25) is 0 Å². The van der Waals surface area contributed by atoms with Gasteiger partial charge in [-0.3, -0.25) is 9.36 Å². The molecule has 34 heavy (non-hydrogen) atoms. The second-order valence-corrected chi connectivity index (χ2v) is 10.3. The molecular formula is C27H28N2O3S2. The van der Waals surface area contributed by atoms with Crippen LogP contribution in [-0.2, 0) is 9.53 Å². The van der Waals surface area contributed by atoms with E-state index in [2.05, 4.69) is 31.0 Å². The summed E-state index contributed by atoms with van der Waals surface area (Å²) in [5.74, 6) is -0.0565. The fraction of sp³-hybridized carbons (Fsp3) is 0.296. The SMILES string of the molecule is CCOC(=O)C1=C(C)N=c2s/c(=C\c3ccc(SC)cc3)c(=O)n2[C@H]1c1ccc(C(C)C)cc1. The highest BCUT2D eigenvalue weighted by atomic mass is 32.2. The number of hydrogen-bond acceptors (Lipinski definition) is 6. The van der Waals surface area contributed by atoms with Gasteiger partial charge >= 0.3 is 5.97 Å². The van der Waals surface area contributed by atoms with Crippen LogP contribution < -0.4 is 14.9 Å². The molecular weight excluding hydrogens is 464 g/mol. The third kappa shape index (κ3) is 4.68. The lowest BCUT2D eigenvalue weighted by Crippen LogP contribution is -2.39. The maximum absolute atomic E-state index is 13.6. The van der Waals surface area contributed by atoms with Gasteiger partial charge < -0.3 is 4.74 Å². The fourth-order valence-electron chi connectivity index (χ4n) is 4.02. The monoisotopic (exact) mass is 492 g/mol. The highest BCUT2D eigenvalue weighted by molar-refractivity contribution is 7.98. The number of benzene rings is 2. The average molecular weight is 493 g/mol. The van der Waals surface area contributed by atoms with Crippen LogP contribution in [0.5, 0.6) is 0 Å². The number of nitrogens with zero attached hydrogens (tertiary/aromatic N) is 2. The van der Waals surface area contributed by atoms with Crippen molar-refractivity contribution in [2.75, 3.05) is 12.9 Å². The maximum atomic E-state index is 13.6. The average Bonchev–Trinajstić information content (AvgIpc) is 3.13. The van der Waals surface area contributed by atoms with E-state index in [4.69, 9.17) is 4.74 Å². The lowest BCUT2D eigenvalue weighted by molar-refractivity contribution is -0.139. The van der Waals surface area contributed by atoms with Crippen molar-refractivity contribution < 1.29 is 9.53 Å². The number of carbonyl (C=O) groups excluding carboxylic acids is 1. The fourth-order valence-corrected chi connectivity index (χ4v) is 5.48. The summed E-state index contributed by atoms with van der Waals surface area (Å²) in [7, 11) is 0. The molecule has 0 amide bonds. The molecule has 1 atom stereocenters. The van der Waals surface area contributed by atoms with Crippen LogP contribution in [0.15, 0.2) is 74.5 Å². The molecule has 3 aromatic rings. The van der Waals surface area contributed by atoms with E-state index in [9.17, 15) is 9.59 Å². The van der Waals surface area contributed by atoms with E-state index in [0.717, 1.165) is 16.0 Å². The highest BCUT2D eigenvalue weighted by Crippen LogP contribution is 2.31. The molecule has 4 rings (SSSR count). The Morgan fingerprint density at radius 3 is 2.44 bits per heavy atom. The second kappa shape index (κ2) is 10.2. The first-order valence-corrected chi connectivity index (χ1v) is 13.3. The van der Waals surface area contributed by atoms with Gasteiger partial charge in [-0.05, 0) is 60.9 Å². The smallest absolute Gasteiger partial charge is 0.338 e. The third-order valence-corrected chi connectivity index (χ3v) is 7.58. The Morgan fingerprint density at radius 2 is 1.85 bits per heavy atom. The Morgan fingerprint density at radius 1 is 1.18 bits per heavy atom. The topological polar surface area (TPSA) is 60.7 Å². The number of esters is 1. The number of ether oxygens (including phenoxy) is 1. The number of thioether (sulfide) groups is 1. The zero-order chi connectivity index (χ0) is 24.4. The van der Waals surface area contributed by atoms with Crippen LogP contribution in [-0.4, -0.2) is 23.4 Å². The molecule has 0 spiro atoms. The summed E-state index contributed by atoms with van der Waals surface area (Å²) in [5.41, 5.74) is 3.82. The summed E-state index contributed by atoms with van der Waals surface area (Å²) < 4.78 is 7.58. The van der Waals surface area contributed by atoms with E-state index in [-0.39, 0.29) is 12.2 Å². The van der Waals surface area contributed by atoms with Gasteiger partial charge in [-0.2, -0.15) is 0 Å². The zero-order valence-corrected chi connectivity index (χ0v) is 21.6. The minimum absolute atomic E-state index is 0.162. The van der Waals surface area contributed by atoms with Gasteiger partial charge in [0.05, 0.1) is 28.5 Å². The van der Waals surface area contributed by atoms with Gasteiger partial charge in [0.25, 0.3) is 5.56 Å². The number of carbonyl (C=O) groups is 1. The number of thiazole rings is 1. The molecule has 5 nitrogen and oxygen atoms in total. The van der Waals surface area contributed by atoms with Gasteiger partial charge in [0.1, 0.15) is 0 Å². The largest absolute Gasteiger partial charge is 0.463 e. The van der Waals surface area contributed by atoms with Crippen molar-refractivity contribution in [1.29, 1.82) is 0 Å². The van der Waals surface area contributed by atoms with Crippen LogP contribution >= 0.6 is 23.1 Å². The summed E-state index contributed by atoms with van der Waals surface area (Å²) in [6.07, 6.45) is 3.92. The molecule has 176 valence electrons. The second-order valence-electron chi connectivity index (χ2n) is 8.40. The molecule has 0 radical (unpaired) electrons. The van der Waals surface area contributed by atoms with Gasteiger partial charge in [-0.25, -0.2) is 9.79 Å². The van der Waals surface area contributed by atoms with Gasteiger partial charge in [0.15, 0.2) is 4.80 Å². The molecule has 1 aliphatic heterocycles. The van der Waals surface area contributed by atoms with Crippen LogP contribution in [0.4, 0.5) is 0 Å². The van der Waals surface area contributed by atoms with Gasteiger partial charge in [-0.15, -0.1) is 11.8 Å². The number of fused-ring (bicyclic) bond motifs is 1. The van der Waals surface area contributed by atoms with Crippen molar-refractivity contribution in [2.45, 2.75) is 44.6 Å². The molecule has 0 bridgehead atoms. The first-order chi connectivity index (χ1) is 16.3. The van der Waals surface area contributed by atoms with E-state index in [1.165, 1.54) is 16.9 Å². The van der Waals surface area contributed by atoms with Crippen LogP contribution in [0.25, 0.3) is 6.08 Å². The quantitative estimate of drug-likeness (QED) is 0.371. The Hall–Kier alpha value is -2.90. The Balaban J connectivity index is 1.90.